The number of carbonyl (C=O) groups is 2. The summed E-state index contributed by atoms with van der Waals surface area (Å²) in [6.07, 6.45) is 1.11. The number of benzene rings is 1. The maximum absolute atomic E-state index is 11.7. The molecule has 0 fully saturated rings. The fraction of sp³-hybridized carbons (Fsp3) is 0.429. The number of rotatable bonds is 6. The summed E-state index contributed by atoms with van der Waals surface area (Å²) in [4.78, 5) is 22.8. The van der Waals surface area contributed by atoms with E-state index in [1.807, 2.05) is 19.9 Å². The van der Waals surface area contributed by atoms with Crippen LogP contribution >= 0.6 is 0 Å². The SMILES string of the molecule is CC(C)CCC(=O)NC(C(=O)O)c1ccccc1. The van der Waals surface area contributed by atoms with E-state index in [4.69, 9.17) is 5.11 Å². The Balaban J connectivity index is 2.65. The summed E-state index contributed by atoms with van der Waals surface area (Å²) in [6, 6.07) is 7.74. The fourth-order valence-electron chi connectivity index (χ4n) is 1.59. The molecule has 1 unspecified atom stereocenters. The third-order valence-electron chi connectivity index (χ3n) is 2.63. The first-order valence-electron chi connectivity index (χ1n) is 6.08. The van der Waals surface area contributed by atoms with Crippen molar-refractivity contribution in [2.75, 3.05) is 0 Å². The number of nitrogens with one attached hydrogen (secondary N) is 1. The van der Waals surface area contributed by atoms with Gasteiger partial charge in [0.15, 0.2) is 6.04 Å². The van der Waals surface area contributed by atoms with Crippen LogP contribution in [0, 0.1) is 5.92 Å². The van der Waals surface area contributed by atoms with Crippen LogP contribution in [0.1, 0.15) is 38.3 Å². The molecule has 0 heterocycles. The molecule has 98 valence electrons. The largest absolute Gasteiger partial charge is 0.479 e. The second kappa shape index (κ2) is 6.79. The van der Waals surface area contributed by atoms with Gasteiger partial charge in [-0.05, 0) is 17.9 Å². The van der Waals surface area contributed by atoms with E-state index >= 15 is 0 Å². The number of hydrogen-bond donors (Lipinski definition) is 2. The van der Waals surface area contributed by atoms with Gasteiger partial charge in [-0.15, -0.1) is 0 Å². The van der Waals surface area contributed by atoms with Crippen molar-refractivity contribution in [3.8, 4) is 0 Å². The minimum atomic E-state index is -1.04. The third-order valence-corrected chi connectivity index (χ3v) is 2.63. The van der Waals surface area contributed by atoms with Gasteiger partial charge in [-0.2, -0.15) is 0 Å². The van der Waals surface area contributed by atoms with Gasteiger partial charge in [0.1, 0.15) is 0 Å². The first kappa shape index (κ1) is 14.2. The smallest absolute Gasteiger partial charge is 0.330 e. The average Bonchev–Trinajstić information content (AvgIpc) is 2.34. The summed E-state index contributed by atoms with van der Waals surface area (Å²) < 4.78 is 0. The number of carboxylic acid groups (broad SMARTS) is 1. The molecule has 1 amide bonds. The summed E-state index contributed by atoms with van der Waals surface area (Å²) >= 11 is 0. The first-order valence-corrected chi connectivity index (χ1v) is 6.08. The van der Waals surface area contributed by atoms with Crippen LogP contribution in [-0.4, -0.2) is 17.0 Å². The highest BCUT2D eigenvalue weighted by molar-refractivity contribution is 5.84. The Bertz CT molecular complexity index is 401. The minimum absolute atomic E-state index is 0.222. The van der Waals surface area contributed by atoms with E-state index in [2.05, 4.69) is 5.32 Å². The van der Waals surface area contributed by atoms with Gasteiger partial charge in [-0.25, -0.2) is 4.79 Å². The second-order valence-corrected chi connectivity index (χ2v) is 4.68. The number of carbonyl (C=O) groups excluding carboxylic acids is 1. The summed E-state index contributed by atoms with van der Waals surface area (Å²) in [7, 11) is 0. The van der Waals surface area contributed by atoms with Crippen LogP contribution in [0.15, 0.2) is 30.3 Å². The number of amides is 1. The summed E-state index contributed by atoms with van der Waals surface area (Å²) in [5.74, 6) is -0.838. The molecule has 18 heavy (non-hydrogen) atoms. The van der Waals surface area contributed by atoms with Gasteiger partial charge in [0.2, 0.25) is 5.91 Å². The summed E-state index contributed by atoms with van der Waals surface area (Å²) in [5.41, 5.74) is 0.586. The summed E-state index contributed by atoms with van der Waals surface area (Å²) in [6.45, 7) is 4.05. The van der Waals surface area contributed by atoms with Crippen molar-refractivity contribution in [2.24, 2.45) is 5.92 Å². The van der Waals surface area contributed by atoms with Crippen LogP contribution in [0.4, 0.5) is 0 Å². The van der Waals surface area contributed by atoms with Gasteiger partial charge in [0.05, 0.1) is 0 Å². The minimum Gasteiger partial charge on any atom is -0.479 e. The topological polar surface area (TPSA) is 66.4 Å². The lowest BCUT2D eigenvalue weighted by molar-refractivity contribution is -0.142. The molecule has 1 atom stereocenters. The lowest BCUT2D eigenvalue weighted by Gasteiger charge is -2.15. The van der Waals surface area contributed by atoms with Crippen molar-refractivity contribution in [1.82, 2.24) is 5.32 Å². The van der Waals surface area contributed by atoms with Gasteiger partial charge < -0.3 is 10.4 Å². The molecular weight excluding hydrogens is 230 g/mol. The Morgan fingerprint density at radius 2 is 1.83 bits per heavy atom. The number of aliphatic carboxylic acids is 1. The zero-order chi connectivity index (χ0) is 13.5. The van der Waals surface area contributed by atoms with Gasteiger partial charge in [0.25, 0.3) is 0 Å². The van der Waals surface area contributed by atoms with Gasteiger partial charge in [-0.1, -0.05) is 44.2 Å². The van der Waals surface area contributed by atoms with Crippen molar-refractivity contribution in [3.05, 3.63) is 35.9 Å². The number of carboxylic acids is 1. The molecule has 1 rings (SSSR count). The van der Waals surface area contributed by atoms with Gasteiger partial charge in [-0.3, -0.25) is 4.79 Å². The predicted octanol–water partition coefficient (Wildman–Crippen LogP) is 2.36. The van der Waals surface area contributed by atoms with Crippen molar-refractivity contribution < 1.29 is 14.7 Å². The van der Waals surface area contributed by atoms with Crippen molar-refractivity contribution in [2.45, 2.75) is 32.7 Å². The first-order chi connectivity index (χ1) is 8.50. The molecule has 0 saturated heterocycles. The van der Waals surface area contributed by atoms with E-state index in [0.717, 1.165) is 6.42 Å². The van der Waals surface area contributed by atoms with Crippen LogP contribution in [0.2, 0.25) is 0 Å². The molecule has 4 nitrogen and oxygen atoms in total. The molecule has 4 heteroatoms. The molecule has 0 aliphatic rings. The maximum Gasteiger partial charge on any atom is 0.330 e. The van der Waals surface area contributed by atoms with Crippen molar-refractivity contribution in [1.29, 1.82) is 0 Å². The van der Waals surface area contributed by atoms with Crippen LogP contribution in [0.25, 0.3) is 0 Å². The van der Waals surface area contributed by atoms with Crippen LogP contribution in [0.3, 0.4) is 0 Å². The standard InChI is InChI=1S/C14H19NO3/c1-10(2)8-9-12(16)15-13(14(17)18)11-6-4-3-5-7-11/h3-7,10,13H,8-9H2,1-2H3,(H,15,16)(H,17,18). The van der Waals surface area contributed by atoms with E-state index in [1.165, 1.54) is 0 Å². The normalized spacial score (nSPS) is 12.2. The van der Waals surface area contributed by atoms with E-state index in [1.54, 1.807) is 24.3 Å². The van der Waals surface area contributed by atoms with E-state index in [0.29, 0.717) is 17.9 Å². The molecule has 0 aromatic heterocycles. The molecule has 0 bridgehead atoms. The highest BCUT2D eigenvalue weighted by Crippen LogP contribution is 2.13. The van der Waals surface area contributed by atoms with Gasteiger partial charge >= 0.3 is 5.97 Å². The van der Waals surface area contributed by atoms with E-state index < -0.39 is 12.0 Å². The molecule has 0 spiro atoms. The monoisotopic (exact) mass is 249 g/mol. The van der Waals surface area contributed by atoms with Crippen molar-refractivity contribution in [3.63, 3.8) is 0 Å². The molecule has 0 radical (unpaired) electrons. The molecule has 0 aliphatic heterocycles. The lowest BCUT2D eigenvalue weighted by Crippen LogP contribution is -2.33. The summed E-state index contributed by atoms with van der Waals surface area (Å²) in [5, 5.41) is 11.7. The highest BCUT2D eigenvalue weighted by Gasteiger charge is 2.21. The second-order valence-electron chi connectivity index (χ2n) is 4.68. The van der Waals surface area contributed by atoms with Gasteiger partial charge in [0, 0.05) is 6.42 Å². The Kier molecular flexibility index (Phi) is 5.36. The molecule has 2 N–H and O–H groups in total. The van der Waals surface area contributed by atoms with E-state index in [9.17, 15) is 9.59 Å². The molecular formula is C14H19NO3. The van der Waals surface area contributed by atoms with Crippen LogP contribution in [-0.2, 0) is 9.59 Å². The molecule has 1 aromatic rings. The zero-order valence-corrected chi connectivity index (χ0v) is 10.7. The van der Waals surface area contributed by atoms with Crippen LogP contribution in [0.5, 0.6) is 0 Å². The van der Waals surface area contributed by atoms with Crippen molar-refractivity contribution >= 4 is 11.9 Å². The third kappa shape index (κ3) is 4.57. The molecule has 1 aromatic carbocycles. The van der Waals surface area contributed by atoms with E-state index in [-0.39, 0.29) is 5.91 Å². The fourth-order valence-corrected chi connectivity index (χ4v) is 1.59. The van der Waals surface area contributed by atoms with Crippen LogP contribution < -0.4 is 5.32 Å². The number of hydrogen-bond acceptors (Lipinski definition) is 2. The Morgan fingerprint density at radius 3 is 2.33 bits per heavy atom. The molecule has 0 saturated carbocycles. The Morgan fingerprint density at radius 1 is 1.22 bits per heavy atom. The quantitative estimate of drug-likeness (QED) is 0.813. The molecule has 0 aliphatic carbocycles. The predicted molar refractivity (Wildman–Crippen MR) is 69.0 cm³/mol. The highest BCUT2D eigenvalue weighted by atomic mass is 16.4. The lowest BCUT2D eigenvalue weighted by atomic mass is 10.1. The Hall–Kier alpha value is -1.84. The average molecular weight is 249 g/mol. The zero-order valence-electron chi connectivity index (χ0n) is 10.7. The maximum atomic E-state index is 11.7. The Labute approximate surface area is 107 Å².